The lowest BCUT2D eigenvalue weighted by Crippen LogP contribution is -2.52. The zero-order chi connectivity index (χ0) is 44.0. The van der Waals surface area contributed by atoms with Crippen LogP contribution in [0.2, 0.25) is 0 Å². The van der Waals surface area contributed by atoms with E-state index in [0.717, 1.165) is 10.5 Å². The second-order valence-corrected chi connectivity index (χ2v) is 15.9. The van der Waals surface area contributed by atoms with Crippen molar-refractivity contribution < 1.29 is 57.4 Å². The number of nitrogens with zero attached hydrogens (tertiary/aromatic N) is 1. The van der Waals surface area contributed by atoms with Crippen molar-refractivity contribution in [1.82, 2.24) is 36.8 Å². The monoisotopic (exact) mass is 831 g/mol. The number of rotatable bonds is 26. The fourth-order valence-corrected chi connectivity index (χ4v) is 5.30. The molecule has 0 saturated carbocycles. The highest BCUT2D eigenvalue weighted by molar-refractivity contribution is 6.04. The summed E-state index contributed by atoms with van der Waals surface area (Å²) < 4.78 is 16.0. The molecule has 1 aliphatic heterocycles. The van der Waals surface area contributed by atoms with Crippen LogP contribution in [-0.2, 0) is 63.8 Å². The highest BCUT2D eigenvalue weighted by Crippen LogP contribution is 2.35. The van der Waals surface area contributed by atoms with Crippen LogP contribution in [0, 0.1) is 16.7 Å². The molecule has 1 aromatic rings. The minimum atomic E-state index is -1.08. The zero-order valence-electron chi connectivity index (χ0n) is 35.0. The molecule has 2 rings (SSSR count). The molecule has 0 spiro atoms. The van der Waals surface area contributed by atoms with Crippen LogP contribution in [0.5, 0.6) is 0 Å². The first-order valence-corrected chi connectivity index (χ1v) is 19.6. The Morgan fingerprint density at radius 1 is 0.695 bits per heavy atom. The Kier molecular flexibility index (Phi) is 21.4. The first-order chi connectivity index (χ1) is 27.8. The van der Waals surface area contributed by atoms with Crippen molar-refractivity contribution in [2.45, 2.75) is 73.3 Å². The van der Waals surface area contributed by atoms with Crippen molar-refractivity contribution in [2.24, 2.45) is 16.7 Å². The van der Waals surface area contributed by atoms with Gasteiger partial charge in [0.1, 0.15) is 19.4 Å². The van der Waals surface area contributed by atoms with Gasteiger partial charge in [-0.2, -0.15) is 0 Å². The second kappa shape index (κ2) is 25.3. The predicted molar refractivity (Wildman–Crippen MR) is 213 cm³/mol. The molecule has 1 fully saturated rings. The number of ketones is 1. The van der Waals surface area contributed by atoms with E-state index in [-0.39, 0.29) is 113 Å². The van der Waals surface area contributed by atoms with Crippen molar-refractivity contribution in [2.75, 3.05) is 72.5 Å². The average molecular weight is 832 g/mol. The third-order valence-corrected chi connectivity index (χ3v) is 8.96. The van der Waals surface area contributed by atoms with E-state index < -0.39 is 60.6 Å². The third kappa shape index (κ3) is 20.3. The van der Waals surface area contributed by atoms with Crippen molar-refractivity contribution >= 4 is 53.0 Å². The third-order valence-electron chi connectivity index (χ3n) is 8.96. The summed E-state index contributed by atoms with van der Waals surface area (Å²) in [5.74, 6) is -4.34. The average Bonchev–Trinajstić information content (AvgIpc) is 3.47. The van der Waals surface area contributed by atoms with Crippen LogP contribution in [-0.4, -0.2) is 136 Å². The Labute approximate surface area is 345 Å². The SMILES string of the molecule is CC(C)(C)C(=O)COCNC(=O)CNC(=O)[C@H](Cc1ccccc1)NC(=O)CNC(=O)CNC(=O)CCOCCOCCNC(=O)CCN1C(=O)CC(C(C)(C)C)C1=O. The molecular weight excluding hydrogens is 770 g/mol. The van der Waals surface area contributed by atoms with E-state index >= 15 is 0 Å². The van der Waals surface area contributed by atoms with E-state index in [1.54, 1.807) is 51.1 Å². The van der Waals surface area contributed by atoms with E-state index in [9.17, 15) is 43.2 Å². The number of hydrogen-bond acceptors (Lipinski definition) is 12. The lowest BCUT2D eigenvalue weighted by Gasteiger charge is -2.24. The van der Waals surface area contributed by atoms with E-state index in [2.05, 4.69) is 31.9 Å². The molecule has 6 N–H and O–H groups in total. The van der Waals surface area contributed by atoms with E-state index in [1.807, 2.05) is 20.8 Å². The van der Waals surface area contributed by atoms with E-state index in [0.29, 0.717) is 0 Å². The number of benzene rings is 1. The number of ether oxygens (including phenoxy) is 3. The van der Waals surface area contributed by atoms with Gasteiger partial charge in [0, 0.05) is 44.2 Å². The van der Waals surface area contributed by atoms with Gasteiger partial charge in [-0.3, -0.25) is 48.1 Å². The molecule has 19 heteroatoms. The lowest BCUT2D eigenvalue weighted by molar-refractivity contribution is -0.140. The van der Waals surface area contributed by atoms with Gasteiger partial charge >= 0.3 is 0 Å². The Hall–Kier alpha value is -5.27. The van der Waals surface area contributed by atoms with Crippen molar-refractivity contribution in [3.05, 3.63) is 35.9 Å². The normalized spacial score (nSPS) is 14.6. The molecule has 2 atom stereocenters. The summed E-state index contributed by atoms with van der Waals surface area (Å²) in [6.45, 7) is 10.2. The van der Waals surface area contributed by atoms with Gasteiger partial charge in [0.2, 0.25) is 47.3 Å². The molecule has 0 aromatic heterocycles. The van der Waals surface area contributed by atoms with Crippen LogP contribution in [0.15, 0.2) is 30.3 Å². The number of nitrogens with one attached hydrogen (secondary N) is 6. The molecular formula is C40H61N7O12. The summed E-state index contributed by atoms with van der Waals surface area (Å²) >= 11 is 0. The molecule has 19 nitrogen and oxygen atoms in total. The largest absolute Gasteiger partial charge is 0.379 e. The van der Waals surface area contributed by atoms with Gasteiger partial charge in [0.25, 0.3) is 0 Å². The minimum Gasteiger partial charge on any atom is -0.379 e. The Morgan fingerprint density at radius 3 is 1.93 bits per heavy atom. The van der Waals surface area contributed by atoms with Crippen LogP contribution >= 0.6 is 0 Å². The van der Waals surface area contributed by atoms with Gasteiger partial charge in [-0.25, -0.2) is 0 Å². The van der Waals surface area contributed by atoms with Crippen LogP contribution in [0.25, 0.3) is 0 Å². The molecule has 1 heterocycles. The van der Waals surface area contributed by atoms with Gasteiger partial charge in [0.05, 0.1) is 52.0 Å². The van der Waals surface area contributed by atoms with Gasteiger partial charge < -0.3 is 46.1 Å². The van der Waals surface area contributed by atoms with Crippen molar-refractivity contribution in [3.63, 3.8) is 0 Å². The molecule has 1 aliphatic rings. The maximum Gasteiger partial charge on any atom is 0.243 e. The van der Waals surface area contributed by atoms with Gasteiger partial charge in [0.15, 0.2) is 5.78 Å². The quantitative estimate of drug-likeness (QED) is 0.0378. The summed E-state index contributed by atoms with van der Waals surface area (Å²) in [5.41, 5.74) is -0.182. The molecule has 0 aliphatic carbocycles. The minimum absolute atomic E-state index is 0.000983. The number of imide groups is 1. The zero-order valence-corrected chi connectivity index (χ0v) is 35.0. The summed E-state index contributed by atoms with van der Waals surface area (Å²) in [4.78, 5) is 112. The lowest BCUT2D eigenvalue weighted by atomic mass is 9.80. The van der Waals surface area contributed by atoms with Gasteiger partial charge in [-0.15, -0.1) is 0 Å². The number of likely N-dealkylation sites (tertiary alicyclic amines) is 1. The Balaban J connectivity index is 1.57. The molecule has 8 amide bonds. The maximum atomic E-state index is 13.0. The van der Waals surface area contributed by atoms with Crippen LogP contribution in [0.3, 0.4) is 0 Å². The van der Waals surface area contributed by atoms with E-state index in [1.165, 1.54) is 0 Å². The summed E-state index contributed by atoms with van der Waals surface area (Å²) in [6, 6.07) is 7.78. The number of hydrogen-bond donors (Lipinski definition) is 6. The smallest absolute Gasteiger partial charge is 0.243 e. The van der Waals surface area contributed by atoms with Crippen LogP contribution in [0.4, 0.5) is 0 Å². The highest BCUT2D eigenvalue weighted by atomic mass is 16.5. The van der Waals surface area contributed by atoms with Crippen molar-refractivity contribution in [3.8, 4) is 0 Å². The summed E-state index contributed by atoms with van der Waals surface area (Å²) in [6.07, 6.45) is 0.211. The number of amides is 8. The molecule has 1 unspecified atom stereocenters. The molecule has 1 aromatic carbocycles. The number of carbonyl (C=O) groups is 9. The first-order valence-electron chi connectivity index (χ1n) is 19.6. The highest BCUT2D eigenvalue weighted by Gasteiger charge is 2.44. The summed E-state index contributed by atoms with van der Waals surface area (Å²) in [5, 5.41) is 14.9. The molecule has 0 bridgehead atoms. The fourth-order valence-electron chi connectivity index (χ4n) is 5.30. The summed E-state index contributed by atoms with van der Waals surface area (Å²) in [7, 11) is 0. The Morgan fingerprint density at radius 2 is 1.29 bits per heavy atom. The second-order valence-electron chi connectivity index (χ2n) is 15.9. The standard InChI is InChI=1S/C40H61N7O12/c1-39(2,3)28-21-36(54)47(38(28)56)15-12-31(49)41-14-17-58-19-18-57-16-13-32(50)42-22-33(51)43-24-35(53)46-29(20-27-10-8-7-9-11-27)37(55)44-23-34(52)45-26-59-25-30(48)40(4,5)6/h7-11,28-29H,12-26H2,1-6H3,(H,41,49)(H,42,50)(H,43,51)(H,44,55)(H,45,52)(H,46,53)/t28?,29-/m0/s1. The molecule has 0 radical (unpaired) electrons. The van der Waals surface area contributed by atoms with Crippen LogP contribution in [0.1, 0.15) is 66.4 Å². The number of carbonyl (C=O) groups excluding carboxylic acids is 9. The number of Topliss-reactive ketones (excluding diaryl/α,β-unsaturated/α-hetero) is 1. The van der Waals surface area contributed by atoms with Crippen LogP contribution < -0.4 is 31.9 Å². The predicted octanol–water partition coefficient (Wildman–Crippen LogP) is -0.881. The maximum absolute atomic E-state index is 13.0. The molecule has 1 saturated heterocycles. The first kappa shape index (κ1) is 49.9. The Bertz CT molecular complexity index is 1610. The van der Waals surface area contributed by atoms with Gasteiger partial charge in [-0.05, 0) is 11.0 Å². The van der Waals surface area contributed by atoms with E-state index in [4.69, 9.17) is 14.2 Å². The topological polar surface area (TPSA) is 257 Å². The fraction of sp³-hybridized carbons (Fsp3) is 0.625. The van der Waals surface area contributed by atoms with Gasteiger partial charge in [-0.1, -0.05) is 71.9 Å². The molecule has 328 valence electrons. The van der Waals surface area contributed by atoms with Crippen molar-refractivity contribution in [1.29, 1.82) is 0 Å². The molecule has 59 heavy (non-hydrogen) atoms.